The van der Waals surface area contributed by atoms with Crippen molar-refractivity contribution in [2.24, 2.45) is 5.92 Å². The van der Waals surface area contributed by atoms with Crippen molar-refractivity contribution in [1.29, 1.82) is 0 Å². The molecule has 1 aromatic carbocycles. The molecule has 4 nitrogen and oxygen atoms in total. The third-order valence-corrected chi connectivity index (χ3v) is 3.39. The van der Waals surface area contributed by atoms with E-state index in [0.717, 1.165) is 38.2 Å². The third kappa shape index (κ3) is 4.56. The van der Waals surface area contributed by atoms with Gasteiger partial charge in [-0.2, -0.15) is 0 Å². The van der Waals surface area contributed by atoms with E-state index in [4.69, 9.17) is 9.47 Å². The van der Waals surface area contributed by atoms with Crippen molar-refractivity contribution in [2.75, 3.05) is 26.8 Å². The highest BCUT2D eigenvalue weighted by atomic mass is 16.6. The summed E-state index contributed by atoms with van der Waals surface area (Å²) in [6.07, 6.45) is 1.79. The maximum atomic E-state index is 11.9. The Morgan fingerprint density at radius 1 is 1.32 bits per heavy atom. The van der Waals surface area contributed by atoms with E-state index < -0.39 is 0 Å². The van der Waals surface area contributed by atoms with Gasteiger partial charge in [-0.05, 0) is 24.3 Å². The lowest BCUT2D eigenvalue weighted by atomic mass is 10.0. The van der Waals surface area contributed by atoms with Crippen LogP contribution in [0.1, 0.15) is 18.4 Å². The second kappa shape index (κ2) is 7.14. The van der Waals surface area contributed by atoms with Crippen LogP contribution in [-0.4, -0.2) is 37.8 Å². The van der Waals surface area contributed by atoms with Gasteiger partial charge in [-0.25, -0.2) is 4.79 Å². The van der Waals surface area contributed by atoms with Gasteiger partial charge in [0.1, 0.15) is 6.61 Å². The molecule has 1 fully saturated rings. The van der Waals surface area contributed by atoms with E-state index in [9.17, 15) is 4.79 Å². The summed E-state index contributed by atoms with van der Waals surface area (Å²) in [5, 5.41) is 0. The number of ether oxygens (including phenoxy) is 2. The van der Waals surface area contributed by atoms with Crippen molar-refractivity contribution >= 4 is 6.09 Å². The maximum Gasteiger partial charge on any atom is 0.409 e. The second-order valence-electron chi connectivity index (χ2n) is 4.98. The molecule has 0 unspecified atom stereocenters. The Bertz CT molecular complexity index is 388. The molecule has 0 aromatic heterocycles. The van der Waals surface area contributed by atoms with Gasteiger partial charge in [-0.1, -0.05) is 30.3 Å². The highest BCUT2D eigenvalue weighted by Gasteiger charge is 2.19. The molecular formula is C15H21NO3. The first-order valence-corrected chi connectivity index (χ1v) is 6.75. The normalized spacial score (nSPS) is 16.1. The largest absolute Gasteiger partial charge is 0.445 e. The molecular weight excluding hydrogens is 242 g/mol. The average molecular weight is 263 g/mol. The quantitative estimate of drug-likeness (QED) is 0.838. The van der Waals surface area contributed by atoms with Gasteiger partial charge in [0.05, 0.1) is 0 Å². The zero-order chi connectivity index (χ0) is 13.5. The van der Waals surface area contributed by atoms with E-state index in [1.54, 1.807) is 11.9 Å². The van der Waals surface area contributed by atoms with E-state index in [-0.39, 0.29) is 6.09 Å². The molecule has 0 saturated carbocycles. The fourth-order valence-electron chi connectivity index (χ4n) is 2.22. The van der Waals surface area contributed by atoms with Crippen LogP contribution in [0.15, 0.2) is 30.3 Å². The lowest BCUT2D eigenvalue weighted by Gasteiger charge is -2.26. The summed E-state index contributed by atoms with van der Waals surface area (Å²) in [4.78, 5) is 13.5. The standard InChI is InChI=1S/C15H21NO3/c1-16(11-13-7-9-18-10-8-13)15(17)19-12-14-5-3-2-4-6-14/h2-6,13H,7-12H2,1H3. The molecule has 104 valence electrons. The maximum absolute atomic E-state index is 11.9. The van der Waals surface area contributed by atoms with Crippen LogP contribution in [0.2, 0.25) is 0 Å². The van der Waals surface area contributed by atoms with Gasteiger partial charge in [0, 0.05) is 26.8 Å². The Kier molecular flexibility index (Phi) is 5.21. The van der Waals surface area contributed by atoms with Gasteiger partial charge in [0.15, 0.2) is 0 Å². The lowest BCUT2D eigenvalue weighted by Crippen LogP contribution is -2.34. The molecule has 4 heteroatoms. The van der Waals surface area contributed by atoms with Crippen LogP contribution in [0, 0.1) is 5.92 Å². The molecule has 0 N–H and O–H groups in total. The second-order valence-corrected chi connectivity index (χ2v) is 4.98. The van der Waals surface area contributed by atoms with Gasteiger partial charge < -0.3 is 14.4 Å². The smallest absolute Gasteiger partial charge is 0.409 e. The molecule has 1 saturated heterocycles. The monoisotopic (exact) mass is 263 g/mol. The Labute approximate surface area is 114 Å². The van der Waals surface area contributed by atoms with E-state index in [2.05, 4.69) is 0 Å². The van der Waals surface area contributed by atoms with E-state index in [1.165, 1.54) is 0 Å². The van der Waals surface area contributed by atoms with Crippen molar-refractivity contribution in [1.82, 2.24) is 4.90 Å². The van der Waals surface area contributed by atoms with Crippen LogP contribution in [0.25, 0.3) is 0 Å². The van der Waals surface area contributed by atoms with Crippen LogP contribution in [0.5, 0.6) is 0 Å². The average Bonchev–Trinajstić information content (AvgIpc) is 2.47. The number of carbonyl (C=O) groups is 1. The van der Waals surface area contributed by atoms with Crippen LogP contribution >= 0.6 is 0 Å². The van der Waals surface area contributed by atoms with Crippen molar-refractivity contribution in [3.05, 3.63) is 35.9 Å². The third-order valence-electron chi connectivity index (χ3n) is 3.39. The summed E-state index contributed by atoms with van der Waals surface area (Å²) in [6.45, 7) is 2.68. The topological polar surface area (TPSA) is 38.8 Å². The minimum atomic E-state index is -0.254. The fourth-order valence-corrected chi connectivity index (χ4v) is 2.22. The summed E-state index contributed by atoms with van der Waals surface area (Å²) in [5.74, 6) is 0.531. The first-order chi connectivity index (χ1) is 9.25. The number of hydrogen-bond acceptors (Lipinski definition) is 3. The number of amides is 1. The van der Waals surface area contributed by atoms with Crippen molar-refractivity contribution in [3.63, 3.8) is 0 Å². The Morgan fingerprint density at radius 2 is 2.00 bits per heavy atom. The molecule has 1 aliphatic rings. The minimum absolute atomic E-state index is 0.254. The first-order valence-electron chi connectivity index (χ1n) is 6.75. The van der Waals surface area contributed by atoms with E-state index in [0.29, 0.717) is 12.5 Å². The molecule has 1 aliphatic heterocycles. The fraction of sp³-hybridized carbons (Fsp3) is 0.533. The molecule has 1 aromatic rings. The molecule has 0 atom stereocenters. The molecule has 0 spiro atoms. The van der Waals surface area contributed by atoms with E-state index in [1.807, 2.05) is 30.3 Å². The predicted molar refractivity (Wildman–Crippen MR) is 72.8 cm³/mol. The zero-order valence-corrected chi connectivity index (χ0v) is 11.4. The van der Waals surface area contributed by atoms with Crippen LogP contribution in [0.3, 0.4) is 0 Å². The molecule has 1 amide bonds. The number of benzene rings is 1. The van der Waals surface area contributed by atoms with Crippen molar-refractivity contribution in [3.8, 4) is 0 Å². The molecule has 0 aliphatic carbocycles. The summed E-state index contributed by atoms with van der Waals surface area (Å²) >= 11 is 0. The Morgan fingerprint density at radius 3 is 2.68 bits per heavy atom. The molecule has 0 radical (unpaired) electrons. The zero-order valence-electron chi connectivity index (χ0n) is 11.4. The number of carbonyl (C=O) groups excluding carboxylic acids is 1. The van der Waals surface area contributed by atoms with Crippen LogP contribution in [-0.2, 0) is 16.1 Å². The van der Waals surface area contributed by atoms with Gasteiger partial charge >= 0.3 is 6.09 Å². The van der Waals surface area contributed by atoms with Gasteiger partial charge in [-0.3, -0.25) is 0 Å². The predicted octanol–water partition coefficient (Wildman–Crippen LogP) is 2.68. The van der Waals surface area contributed by atoms with Crippen molar-refractivity contribution in [2.45, 2.75) is 19.4 Å². The van der Waals surface area contributed by atoms with Gasteiger partial charge in [0.2, 0.25) is 0 Å². The Hall–Kier alpha value is -1.55. The summed E-state index contributed by atoms with van der Waals surface area (Å²) in [5.41, 5.74) is 1.01. The molecule has 1 heterocycles. The molecule has 19 heavy (non-hydrogen) atoms. The number of hydrogen-bond donors (Lipinski definition) is 0. The first kappa shape index (κ1) is 13.9. The summed E-state index contributed by atoms with van der Waals surface area (Å²) in [7, 11) is 1.79. The van der Waals surface area contributed by atoms with Gasteiger partial charge in [-0.15, -0.1) is 0 Å². The van der Waals surface area contributed by atoms with Crippen LogP contribution in [0.4, 0.5) is 4.79 Å². The van der Waals surface area contributed by atoms with E-state index >= 15 is 0 Å². The van der Waals surface area contributed by atoms with Crippen LogP contribution < -0.4 is 0 Å². The minimum Gasteiger partial charge on any atom is -0.445 e. The highest BCUT2D eigenvalue weighted by Crippen LogP contribution is 2.16. The molecule has 0 bridgehead atoms. The SMILES string of the molecule is CN(CC1CCOCC1)C(=O)OCc1ccccc1. The van der Waals surface area contributed by atoms with Crippen molar-refractivity contribution < 1.29 is 14.3 Å². The van der Waals surface area contributed by atoms with Gasteiger partial charge in [0.25, 0.3) is 0 Å². The summed E-state index contributed by atoms with van der Waals surface area (Å²) in [6, 6.07) is 9.73. The number of nitrogens with zero attached hydrogens (tertiary/aromatic N) is 1. The summed E-state index contributed by atoms with van der Waals surface area (Å²) < 4.78 is 10.6. The highest BCUT2D eigenvalue weighted by molar-refractivity contribution is 5.67. The Balaban J connectivity index is 1.72. The molecule has 2 rings (SSSR count). The lowest BCUT2D eigenvalue weighted by molar-refractivity contribution is 0.0496. The number of rotatable bonds is 4.